The van der Waals surface area contributed by atoms with Gasteiger partial charge in [0.25, 0.3) is 0 Å². The monoisotopic (exact) mass is 236 g/mol. The van der Waals surface area contributed by atoms with Gasteiger partial charge in [0.15, 0.2) is 5.82 Å². The summed E-state index contributed by atoms with van der Waals surface area (Å²) in [6, 6.07) is 8.97. The average molecular weight is 237 g/mol. The number of nitrogens with zero attached hydrogens (tertiary/aromatic N) is 2. The first-order chi connectivity index (χ1) is 7.72. The smallest absolute Gasteiger partial charge is 0.229 e. The minimum atomic E-state index is 0.338. The molecule has 6 heteroatoms. The first-order valence-corrected chi connectivity index (χ1v) is 4.89. The molecule has 0 saturated carbocycles. The minimum Gasteiger partial charge on any atom is -0.277 e. The molecule has 0 saturated heterocycles. The highest BCUT2D eigenvalue weighted by atomic mass is 35.5. The molecule has 1 heterocycles. The van der Waals surface area contributed by atoms with Gasteiger partial charge in [0.1, 0.15) is 0 Å². The van der Waals surface area contributed by atoms with E-state index in [1.807, 2.05) is 18.2 Å². The maximum absolute atomic E-state index is 10.4. The number of aromatic amines is 1. The van der Waals surface area contributed by atoms with Crippen LogP contribution in [-0.4, -0.2) is 16.6 Å². The lowest BCUT2D eigenvalue weighted by Crippen LogP contribution is -2.28. The zero-order chi connectivity index (χ0) is 11.5. The van der Waals surface area contributed by atoms with E-state index in [0.717, 1.165) is 10.6 Å². The van der Waals surface area contributed by atoms with Gasteiger partial charge in [-0.2, -0.15) is 5.10 Å². The van der Waals surface area contributed by atoms with Crippen molar-refractivity contribution in [2.24, 2.45) is 5.84 Å². The third kappa shape index (κ3) is 1.91. The Labute approximate surface area is 96.8 Å². The van der Waals surface area contributed by atoms with Crippen molar-refractivity contribution in [3.8, 4) is 11.3 Å². The Balaban J connectivity index is 2.39. The molecule has 5 nitrogen and oxygen atoms in total. The normalized spacial score (nSPS) is 10.1. The number of rotatable bonds is 3. The second kappa shape index (κ2) is 4.34. The van der Waals surface area contributed by atoms with Crippen LogP contribution in [-0.2, 0) is 4.79 Å². The van der Waals surface area contributed by atoms with Gasteiger partial charge >= 0.3 is 0 Å². The van der Waals surface area contributed by atoms with E-state index in [9.17, 15) is 4.79 Å². The Morgan fingerprint density at radius 1 is 1.44 bits per heavy atom. The third-order valence-electron chi connectivity index (χ3n) is 2.11. The van der Waals surface area contributed by atoms with E-state index in [1.54, 1.807) is 12.1 Å². The van der Waals surface area contributed by atoms with Gasteiger partial charge in [-0.1, -0.05) is 29.8 Å². The van der Waals surface area contributed by atoms with E-state index >= 15 is 0 Å². The summed E-state index contributed by atoms with van der Waals surface area (Å²) in [7, 11) is 0. The Bertz CT molecular complexity index is 511. The highest BCUT2D eigenvalue weighted by Gasteiger charge is 2.09. The van der Waals surface area contributed by atoms with Gasteiger partial charge in [0.2, 0.25) is 6.41 Å². The van der Waals surface area contributed by atoms with Crippen molar-refractivity contribution in [3.63, 3.8) is 0 Å². The number of carbonyl (C=O) groups is 1. The van der Waals surface area contributed by atoms with E-state index in [4.69, 9.17) is 17.4 Å². The standard InChI is InChI=1S/C10H9ClN4O/c11-8-4-2-1-3-7(8)9-5-10(14-13-9)15(12)6-16/h1-6H,12H2,(H,13,14). The molecule has 3 N–H and O–H groups in total. The van der Waals surface area contributed by atoms with Gasteiger partial charge in [0.05, 0.1) is 5.69 Å². The lowest BCUT2D eigenvalue weighted by atomic mass is 10.1. The number of carbonyl (C=O) groups excluding carboxylic acids is 1. The summed E-state index contributed by atoms with van der Waals surface area (Å²) in [5.74, 6) is 5.71. The van der Waals surface area contributed by atoms with Gasteiger partial charge in [0, 0.05) is 16.7 Å². The number of H-pyrrole nitrogens is 1. The molecule has 0 aliphatic heterocycles. The first-order valence-electron chi connectivity index (χ1n) is 4.52. The Hall–Kier alpha value is -1.85. The molecule has 1 aromatic heterocycles. The summed E-state index contributed by atoms with van der Waals surface area (Å²) in [4.78, 5) is 10.4. The van der Waals surface area contributed by atoms with Gasteiger partial charge in [-0.3, -0.25) is 9.89 Å². The molecule has 0 aliphatic rings. The molecule has 0 unspecified atom stereocenters. The number of hydrogen-bond acceptors (Lipinski definition) is 3. The molecule has 0 radical (unpaired) electrons. The highest BCUT2D eigenvalue weighted by molar-refractivity contribution is 6.33. The Kier molecular flexibility index (Phi) is 2.89. The SMILES string of the molecule is NN(C=O)c1cc(-c2ccccc2Cl)[nH]n1. The average Bonchev–Trinajstić information content (AvgIpc) is 2.78. The molecule has 0 aliphatic carbocycles. The Morgan fingerprint density at radius 2 is 2.19 bits per heavy atom. The van der Waals surface area contributed by atoms with E-state index < -0.39 is 0 Å². The fourth-order valence-corrected chi connectivity index (χ4v) is 1.55. The van der Waals surface area contributed by atoms with Crippen molar-refractivity contribution in [2.45, 2.75) is 0 Å². The van der Waals surface area contributed by atoms with E-state index in [-0.39, 0.29) is 0 Å². The largest absolute Gasteiger partial charge is 0.277 e. The topological polar surface area (TPSA) is 75.0 Å². The zero-order valence-electron chi connectivity index (χ0n) is 8.22. The molecule has 1 aromatic carbocycles. The summed E-state index contributed by atoms with van der Waals surface area (Å²) in [5.41, 5.74) is 1.51. The lowest BCUT2D eigenvalue weighted by molar-refractivity contribution is -0.107. The second-order valence-electron chi connectivity index (χ2n) is 3.13. The van der Waals surface area contributed by atoms with Gasteiger partial charge in [-0.05, 0) is 6.07 Å². The molecule has 0 spiro atoms. The summed E-state index contributed by atoms with van der Waals surface area (Å²) >= 11 is 6.02. The first kappa shape index (κ1) is 10.7. The fourth-order valence-electron chi connectivity index (χ4n) is 1.32. The van der Waals surface area contributed by atoms with Gasteiger partial charge in [-0.25, -0.2) is 10.9 Å². The molecule has 1 amide bonds. The third-order valence-corrected chi connectivity index (χ3v) is 2.44. The number of nitrogens with one attached hydrogen (secondary N) is 1. The van der Waals surface area contributed by atoms with Crippen molar-refractivity contribution >= 4 is 23.8 Å². The molecule has 2 aromatic rings. The predicted molar refractivity (Wildman–Crippen MR) is 61.8 cm³/mol. The number of hydrogen-bond donors (Lipinski definition) is 2. The van der Waals surface area contributed by atoms with Gasteiger partial charge in [-0.15, -0.1) is 0 Å². The van der Waals surface area contributed by atoms with Crippen molar-refractivity contribution in [2.75, 3.05) is 5.01 Å². The molecule has 16 heavy (non-hydrogen) atoms. The Morgan fingerprint density at radius 3 is 2.88 bits per heavy atom. The van der Waals surface area contributed by atoms with Crippen LogP contribution in [0.25, 0.3) is 11.3 Å². The van der Waals surface area contributed by atoms with Crippen LogP contribution in [0.1, 0.15) is 0 Å². The molecule has 0 bridgehead atoms. The molecular weight excluding hydrogens is 228 g/mol. The molecule has 82 valence electrons. The van der Waals surface area contributed by atoms with Crippen molar-refractivity contribution < 1.29 is 4.79 Å². The van der Waals surface area contributed by atoms with E-state index in [2.05, 4.69) is 10.2 Å². The summed E-state index contributed by atoms with van der Waals surface area (Å²) in [5, 5.41) is 8.14. The molecular formula is C10H9ClN4O. The number of amides is 1. The number of nitrogens with two attached hydrogens (primary N) is 1. The van der Waals surface area contributed by atoms with Crippen molar-refractivity contribution in [1.82, 2.24) is 10.2 Å². The fraction of sp³-hybridized carbons (Fsp3) is 0. The van der Waals surface area contributed by atoms with Crippen LogP contribution in [0.15, 0.2) is 30.3 Å². The number of halogens is 1. The van der Waals surface area contributed by atoms with Crippen LogP contribution < -0.4 is 10.9 Å². The zero-order valence-corrected chi connectivity index (χ0v) is 8.98. The highest BCUT2D eigenvalue weighted by Crippen LogP contribution is 2.27. The summed E-state index contributed by atoms with van der Waals surface area (Å²) in [6.45, 7) is 0. The predicted octanol–water partition coefficient (Wildman–Crippen LogP) is 1.57. The van der Waals surface area contributed by atoms with Crippen LogP contribution in [0.3, 0.4) is 0 Å². The van der Waals surface area contributed by atoms with Crippen molar-refractivity contribution in [1.29, 1.82) is 0 Å². The molecule has 0 atom stereocenters. The van der Waals surface area contributed by atoms with Crippen LogP contribution in [0.5, 0.6) is 0 Å². The van der Waals surface area contributed by atoms with Crippen LogP contribution in [0.4, 0.5) is 5.82 Å². The second-order valence-corrected chi connectivity index (χ2v) is 3.54. The molecule has 2 rings (SSSR count). The number of anilines is 1. The van der Waals surface area contributed by atoms with E-state index in [0.29, 0.717) is 22.9 Å². The summed E-state index contributed by atoms with van der Waals surface area (Å²) < 4.78 is 0. The van der Waals surface area contributed by atoms with Gasteiger partial charge < -0.3 is 0 Å². The number of hydrazine groups is 1. The minimum absolute atomic E-state index is 0.338. The lowest BCUT2D eigenvalue weighted by Gasteiger charge is -2.03. The number of aromatic nitrogens is 2. The van der Waals surface area contributed by atoms with Crippen LogP contribution >= 0.6 is 11.6 Å². The maximum atomic E-state index is 10.4. The quantitative estimate of drug-likeness (QED) is 0.368. The van der Waals surface area contributed by atoms with Crippen molar-refractivity contribution in [3.05, 3.63) is 35.4 Å². The molecule has 0 fully saturated rings. The van der Waals surface area contributed by atoms with E-state index in [1.165, 1.54) is 0 Å². The summed E-state index contributed by atoms with van der Waals surface area (Å²) in [6.07, 6.45) is 0.479. The maximum Gasteiger partial charge on any atom is 0.229 e. The van der Waals surface area contributed by atoms with Crippen LogP contribution in [0, 0.1) is 0 Å². The van der Waals surface area contributed by atoms with Crippen LogP contribution in [0.2, 0.25) is 5.02 Å². The number of benzene rings is 1.